The van der Waals surface area contributed by atoms with E-state index in [1.54, 1.807) is 19.5 Å². The number of methoxy groups -OCH3 is 1. The maximum atomic E-state index is 13.6. The molecular weight excluding hydrogens is 426 g/mol. The molecule has 1 N–H and O–H groups in total. The Balaban J connectivity index is 1.16. The summed E-state index contributed by atoms with van der Waals surface area (Å²) in [6.45, 7) is 3.27. The van der Waals surface area contributed by atoms with Gasteiger partial charge in [-0.2, -0.15) is 5.10 Å². The summed E-state index contributed by atoms with van der Waals surface area (Å²) in [7, 11) is 1.70. The highest BCUT2D eigenvalue weighted by atomic mass is 16.5. The SMILES string of the molecule is COC[C@@]1(O)CC[C@H]2[C@@H](CC[C@@H]3[C@@H]2CC[C@]2(C)[C@@H](C(=O)Cn4cc5ccncc5n4)CC[C@@H]32)C1. The molecule has 2 heterocycles. The van der Waals surface area contributed by atoms with Crippen molar-refractivity contribution in [1.29, 1.82) is 0 Å². The molecule has 4 aliphatic carbocycles. The van der Waals surface area contributed by atoms with Gasteiger partial charge in [0, 0.05) is 30.8 Å². The summed E-state index contributed by atoms with van der Waals surface area (Å²) in [4.78, 5) is 17.7. The zero-order valence-electron chi connectivity index (χ0n) is 20.7. The second kappa shape index (κ2) is 8.41. The van der Waals surface area contributed by atoms with Gasteiger partial charge in [-0.1, -0.05) is 6.92 Å². The molecule has 0 aromatic carbocycles. The van der Waals surface area contributed by atoms with Crippen molar-refractivity contribution < 1.29 is 14.6 Å². The van der Waals surface area contributed by atoms with Crippen molar-refractivity contribution in [2.75, 3.05) is 13.7 Å². The molecule has 2 aromatic heterocycles. The summed E-state index contributed by atoms with van der Waals surface area (Å²) in [5.41, 5.74) is 0.363. The molecule has 4 saturated carbocycles. The Hall–Kier alpha value is -1.79. The lowest BCUT2D eigenvalue weighted by atomic mass is 9.49. The molecule has 0 amide bonds. The Kier molecular flexibility index (Phi) is 5.60. The van der Waals surface area contributed by atoms with Gasteiger partial charge in [-0.3, -0.25) is 14.5 Å². The van der Waals surface area contributed by atoms with Crippen molar-refractivity contribution in [2.24, 2.45) is 40.9 Å². The third-order valence-electron chi connectivity index (χ3n) is 10.6. The third-order valence-corrected chi connectivity index (χ3v) is 10.6. The number of rotatable bonds is 5. The first-order chi connectivity index (χ1) is 16.4. The third kappa shape index (κ3) is 3.63. The summed E-state index contributed by atoms with van der Waals surface area (Å²) in [5.74, 6) is 4.11. The Morgan fingerprint density at radius 3 is 2.82 bits per heavy atom. The van der Waals surface area contributed by atoms with Gasteiger partial charge in [-0.25, -0.2) is 0 Å². The molecule has 4 aliphatic rings. The second-order valence-corrected chi connectivity index (χ2v) is 12.2. The molecule has 0 aliphatic heterocycles. The average Bonchev–Trinajstić information content (AvgIpc) is 3.38. The predicted octanol–water partition coefficient (Wildman–Crippen LogP) is 4.65. The highest BCUT2D eigenvalue weighted by Crippen LogP contribution is 2.64. The van der Waals surface area contributed by atoms with Crippen LogP contribution in [0.15, 0.2) is 24.7 Å². The number of aliphatic hydroxyl groups is 1. The minimum atomic E-state index is -0.621. The number of carbonyl (C=O) groups is 1. The maximum Gasteiger partial charge on any atom is 0.157 e. The van der Waals surface area contributed by atoms with E-state index in [0.717, 1.165) is 54.3 Å². The van der Waals surface area contributed by atoms with E-state index in [1.807, 2.05) is 16.9 Å². The topological polar surface area (TPSA) is 77.2 Å². The van der Waals surface area contributed by atoms with Crippen LogP contribution in [0.4, 0.5) is 0 Å². The number of fused-ring (bicyclic) bond motifs is 6. The van der Waals surface area contributed by atoms with E-state index in [0.29, 0.717) is 30.8 Å². The monoisotopic (exact) mass is 465 g/mol. The molecule has 6 heteroatoms. The number of hydrogen-bond donors (Lipinski definition) is 1. The summed E-state index contributed by atoms with van der Waals surface area (Å²) in [6.07, 6.45) is 15.6. The van der Waals surface area contributed by atoms with Gasteiger partial charge >= 0.3 is 0 Å². The zero-order valence-corrected chi connectivity index (χ0v) is 20.7. The number of carbonyl (C=O) groups excluding carboxylic acids is 1. The van der Waals surface area contributed by atoms with E-state index in [-0.39, 0.29) is 11.3 Å². The molecule has 0 radical (unpaired) electrons. The van der Waals surface area contributed by atoms with E-state index in [4.69, 9.17) is 4.74 Å². The van der Waals surface area contributed by atoms with Crippen LogP contribution in [0, 0.1) is 40.9 Å². The molecule has 184 valence electrons. The first-order valence-corrected chi connectivity index (χ1v) is 13.4. The number of nitrogens with zero attached hydrogens (tertiary/aromatic N) is 3. The average molecular weight is 466 g/mol. The van der Waals surface area contributed by atoms with Gasteiger partial charge in [0.25, 0.3) is 0 Å². The zero-order chi connectivity index (χ0) is 23.5. The number of hydrogen-bond acceptors (Lipinski definition) is 5. The number of Topliss-reactive ketones (excluding diaryl/α,β-unsaturated/α-hetero) is 1. The van der Waals surface area contributed by atoms with Crippen molar-refractivity contribution in [3.63, 3.8) is 0 Å². The van der Waals surface area contributed by atoms with E-state index >= 15 is 0 Å². The number of aromatic nitrogens is 3. The van der Waals surface area contributed by atoms with Gasteiger partial charge in [0.2, 0.25) is 0 Å². The van der Waals surface area contributed by atoms with E-state index < -0.39 is 5.60 Å². The fourth-order valence-electron chi connectivity index (χ4n) is 9.16. The molecule has 4 fully saturated rings. The lowest BCUT2D eigenvalue weighted by Gasteiger charge is -2.57. The summed E-state index contributed by atoms with van der Waals surface area (Å²) in [6, 6.07) is 1.95. The van der Waals surface area contributed by atoms with E-state index in [2.05, 4.69) is 17.0 Å². The van der Waals surface area contributed by atoms with Crippen molar-refractivity contribution >= 4 is 16.7 Å². The van der Waals surface area contributed by atoms with Crippen LogP contribution >= 0.6 is 0 Å². The number of ether oxygens (including phenoxy) is 1. The molecule has 0 spiro atoms. The van der Waals surface area contributed by atoms with Gasteiger partial charge in [-0.05, 0) is 98.9 Å². The van der Waals surface area contributed by atoms with Crippen LogP contribution in [0.5, 0.6) is 0 Å². The normalized spacial score (nSPS) is 41.6. The molecule has 0 bridgehead atoms. The standard InChI is InChI=1S/C28H39N3O3/c1-27-10-7-21-20-8-11-28(33,17-34-2)13-18(20)3-4-22(21)23(27)5-6-24(27)26(32)16-31-15-19-9-12-29-14-25(19)30-31/h9,12,14-15,18,20-24,33H,3-8,10-11,13,16-17H2,1-2H3/t18-,20-,21+,22+,23-,24+,27-,28+/m0/s1. The first kappa shape index (κ1) is 22.7. The Morgan fingerprint density at radius 1 is 1.15 bits per heavy atom. The molecule has 6 rings (SSSR count). The van der Waals surface area contributed by atoms with Crippen molar-refractivity contribution in [1.82, 2.24) is 14.8 Å². The highest BCUT2D eigenvalue weighted by Gasteiger charge is 2.59. The van der Waals surface area contributed by atoms with Gasteiger partial charge in [0.05, 0.1) is 24.9 Å². The van der Waals surface area contributed by atoms with Crippen LogP contribution in [0.25, 0.3) is 10.9 Å². The molecular formula is C28H39N3O3. The fourth-order valence-corrected chi connectivity index (χ4v) is 9.16. The van der Waals surface area contributed by atoms with Crippen LogP contribution in [-0.4, -0.2) is 45.0 Å². The largest absolute Gasteiger partial charge is 0.387 e. The molecule has 6 nitrogen and oxygen atoms in total. The van der Waals surface area contributed by atoms with Gasteiger partial charge in [-0.15, -0.1) is 0 Å². The lowest BCUT2D eigenvalue weighted by molar-refractivity contribution is -0.136. The van der Waals surface area contributed by atoms with E-state index in [1.165, 1.54) is 32.1 Å². The van der Waals surface area contributed by atoms with Gasteiger partial charge in [0.1, 0.15) is 5.52 Å². The number of pyridine rings is 1. The minimum absolute atomic E-state index is 0.130. The highest BCUT2D eigenvalue weighted by molar-refractivity contribution is 5.83. The Bertz CT molecular complexity index is 1040. The van der Waals surface area contributed by atoms with Gasteiger partial charge < -0.3 is 9.84 Å². The fraction of sp³-hybridized carbons (Fsp3) is 0.750. The van der Waals surface area contributed by atoms with Crippen LogP contribution in [-0.2, 0) is 16.1 Å². The molecule has 34 heavy (non-hydrogen) atoms. The van der Waals surface area contributed by atoms with E-state index in [9.17, 15) is 9.90 Å². The predicted molar refractivity (Wildman–Crippen MR) is 130 cm³/mol. The van der Waals surface area contributed by atoms with Crippen molar-refractivity contribution in [3.8, 4) is 0 Å². The van der Waals surface area contributed by atoms with Gasteiger partial charge in [0.15, 0.2) is 5.78 Å². The summed E-state index contributed by atoms with van der Waals surface area (Å²) in [5, 5.41) is 16.6. The smallest absolute Gasteiger partial charge is 0.157 e. The molecule has 8 atom stereocenters. The van der Waals surface area contributed by atoms with Crippen LogP contribution in [0.2, 0.25) is 0 Å². The minimum Gasteiger partial charge on any atom is -0.387 e. The van der Waals surface area contributed by atoms with Crippen LogP contribution in [0.1, 0.15) is 64.7 Å². The van der Waals surface area contributed by atoms with Crippen molar-refractivity contribution in [2.45, 2.75) is 76.9 Å². The molecule has 0 saturated heterocycles. The van der Waals surface area contributed by atoms with Crippen LogP contribution < -0.4 is 0 Å². The molecule has 0 unspecified atom stereocenters. The number of ketones is 1. The quantitative estimate of drug-likeness (QED) is 0.696. The molecule has 2 aromatic rings. The Labute approximate surface area is 202 Å². The first-order valence-electron chi connectivity index (χ1n) is 13.4. The summed E-state index contributed by atoms with van der Waals surface area (Å²) >= 11 is 0. The van der Waals surface area contributed by atoms with Crippen LogP contribution in [0.3, 0.4) is 0 Å². The maximum absolute atomic E-state index is 13.6. The lowest BCUT2D eigenvalue weighted by Crippen LogP contribution is -2.52. The second-order valence-electron chi connectivity index (χ2n) is 12.2. The van der Waals surface area contributed by atoms with Crippen molar-refractivity contribution in [3.05, 3.63) is 24.7 Å². The Morgan fingerprint density at radius 2 is 2.00 bits per heavy atom. The summed E-state index contributed by atoms with van der Waals surface area (Å²) < 4.78 is 7.17.